The van der Waals surface area contributed by atoms with Crippen molar-refractivity contribution < 1.29 is 26.3 Å². The lowest BCUT2D eigenvalue weighted by Crippen LogP contribution is -2.11. The van der Waals surface area contributed by atoms with Crippen molar-refractivity contribution in [2.45, 2.75) is 24.7 Å². The number of alkyl halides is 6. The van der Waals surface area contributed by atoms with Crippen molar-refractivity contribution in [3.8, 4) is 6.07 Å². The largest absolute Gasteiger partial charge is 0.417 e. The van der Waals surface area contributed by atoms with E-state index in [-0.39, 0.29) is 22.8 Å². The van der Waals surface area contributed by atoms with Crippen LogP contribution in [-0.4, -0.2) is 9.97 Å². The minimum atomic E-state index is -4.66. The van der Waals surface area contributed by atoms with E-state index in [9.17, 15) is 31.6 Å². The zero-order valence-corrected chi connectivity index (χ0v) is 14.0. The van der Waals surface area contributed by atoms with Gasteiger partial charge >= 0.3 is 12.4 Å². The molecule has 0 aliphatic rings. The maximum absolute atomic E-state index is 12.6. The first-order valence-corrected chi connectivity index (χ1v) is 7.53. The van der Waals surface area contributed by atoms with Gasteiger partial charge in [-0.25, -0.2) is 0 Å². The molecular formula is C15H7Cl2F6N3. The van der Waals surface area contributed by atoms with Crippen LogP contribution >= 0.6 is 23.2 Å². The molecule has 138 valence electrons. The number of hydrogen-bond acceptors (Lipinski definition) is 3. The summed E-state index contributed by atoms with van der Waals surface area (Å²) in [7, 11) is 0. The van der Waals surface area contributed by atoms with Gasteiger partial charge in [-0.1, -0.05) is 23.2 Å². The smallest absolute Gasteiger partial charge is 0.259 e. The van der Waals surface area contributed by atoms with Gasteiger partial charge < -0.3 is 0 Å². The summed E-state index contributed by atoms with van der Waals surface area (Å²) in [5.41, 5.74) is -2.34. The number of rotatable bonds is 3. The van der Waals surface area contributed by atoms with E-state index in [4.69, 9.17) is 23.2 Å². The van der Waals surface area contributed by atoms with Gasteiger partial charge in [-0.05, 0) is 12.1 Å². The van der Waals surface area contributed by atoms with Gasteiger partial charge in [-0.3, -0.25) is 9.97 Å². The summed E-state index contributed by atoms with van der Waals surface area (Å²) >= 11 is 11.6. The third-order valence-electron chi connectivity index (χ3n) is 3.33. The molecule has 1 atom stereocenters. The second-order valence-corrected chi connectivity index (χ2v) is 5.94. The van der Waals surface area contributed by atoms with E-state index in [2.05, 4.69) is 9.97 Å². The van der Waals surface area contributed by atoms with Crippen LogP contribution in [0.25, 0.3) is 0 Å². The molecule has 0 unspecified atom stereocenters. The SMILES string of the molecule is N#C[C@H](Cc1ncc(C(F)(F)F)cc1Cl)c1ncc(C(F)(F)F)cc1Cl. The highest BCUT2D eigenvalue weighted by Gasteiger charge is 2.33. The van der Waals surface area contributed by atoms with E-state index in [1.807, 2.05) is 0 Å². The number of nitrogens with zero attached hydrogens (tertiary/aromatic N) is 3. The molecule has 2 heterocycles. The molecule has 26 heavy (non-hydrogen) atoms. The lowest BCUT2D eigenvalue weighted by molar-refractivity contribution is -0.138. The minimum absolute atomic E-state index is 0.0380. The number of hydrogen-bond donors (Lipinski definition) is 0. The van der Waals surface area contributed by atoms with Gasteiger partial charge in [0, 0.05) is 18.8 Å². The summed E-state index contributed by atoms with van der Waals surface area (Å²) in [6, 6.07) is 3.06. The summed E-state index contributed by atoms with van der Waals surface area (Å²) in [4.78, 5) is 7.16. The second kappa shape index (κ2) is 7.29. The van der Waals surface area contributed by atoms with Gasteiger partial charge in [0.15, 0.2) is 0 Å². The van der Waals surface area contributed by atoms with Crippen LogP contribution in [0.15, 0.2) is 24.5 Å². The molecule has 0 aliphatic heterocycles. The van der Waals surface area contributed by atoms with Gasteiger partial charge in [0.25, 0.3) is 0 Å². The topological polar surface area (TPSA) is 49.6 Å². The highest BCUT2D eigenvalue weighted by atomic mass is 35.5. The Bertz CT molecular complexity index is 858. The molecule has 11 heteroatoms. The number of nitriles is 1. The molecule has 0 bridgehead atoms. The van der Waals surface area contributed by atoms with Crippen LogP contribution in [-0.2, 0) is 18.8 Å². The molecule has 0 N–H and O–H groups in total. The summed E-state index contributed by atoms with van der Waals surface area (Å²) in [6.45, 7) is 0. The Hall–Kier alpha value is -2.05. The fraction of sp³-hybridized carbons (Fsp3) is 0.267. The fourth-order valence-corrected chi connectivity index (χ4v) is 2.57. The van der Waals surface area contributed by atoms with Crippen molar-refractivity contribution in [2.75, 3.05) is 0 Å². The summed E-state index contributed by atoms with van der Waals surface area (Å²) in [6.07, 6.45) is -8.49. The lowest BCUT2D eigenvalue weighted by Gasteiger charge is -2.14. The predicted octanol–water partition coefficient (Wildman–Crippen LogP) is 5.67. The standard InChI is InChI=1S/C15H7Cl2F6N3/c16-10-2-8(14(18,19)20)5-25-12(10)1-7(4-24)13-11(17)3-9(6-26-13)15(21,22)23/h2-3,5-7H,1H2/t7-/m0/s1. The van der Waals surface area contributed by atoms with Crippen molar-refractivity contribution >= 4 is 23.2 Å². The van der Waals surface area contributed by atoms with Gasteiger partial charge in [0.1, 0.15) is 0 Å². The summed E-state index contributed by atoms with van der Waals surface area (Å²) < 4.78 is 75.7. The zero-order valence-electron chi connectivity index (χ0n) is 12.5. The van der Waals surface area contributed by atoms with Crippen LogP contribution in [0.5, 0.6) is 0 Å². The number of aromatic nitrogens is 2. The average molecular weight is 414 g/mol. The molecule has 2 aromatic heterocycles. The van der Waals surface area contributed by atoms with Crippen LogP contribution in [0, 0.1) is 11.3 Å². The fourth-order valence-electron chi connectivity index (χ4n) is 2.03. The molecule has 0 saturated carbocycles. The molecule has 0 amide bonds. The molecule has 0 aliphatic carbocycles. The molecule has 0 fully saturated rings. The predicted molar refractivity (Wildman–Crippen MR) is 80.6 cm³/mol. The number of pyridine rings is 2. The maximum Gasteiger partial charge on any atom is 0.417 e. The van der Waals surface area contributed by atoms with E-state index in [0.29, 0.717) is 24.5 Å². The summed E-state index contributed by atoms with van der Waals surface area (Å²) in [5, 5.41) is 8.52. The Kier molecular flexibility index (Phi) is 5.68. The van der Waals surface area contributed by atoms with E-state index < -0.39 is 34.4 Å². The molecule has 3 nitrogen and oxygen atoms in total. The van der Waals surface area contributed by atoms with Crippen LogP contribution < -0.4 is 0 Å². The third-order valence-corrected chi connectivity index (χ3v) is 3.96. The van der Waals surface area contributed by atoms with Crippen LogP contribution in [0.4, 0.5) is 26.3 Å². The highest BCUT2D eigenvalue weighted by molar-refractivity contribution is 6.31. The first-order chi connectivity index (χ1) is 11.9. The van der Waals surface area contributed by atoms with Gasteiger partial charge in [0.2, 0.25) is 0 Å². The Morgan fingerprint density at radius 1 is 0.923 bits per heavy atom. The van der Waals surface area contributed by atoms with Crippen molar-refractivity contribution in [1.29, 1.82) is 5.26 Å². The van der Waals surface area contributed by atoms with Crippen molar-refractivity contribution in [2.24, 2.45) is 0 Å². The highest BCUT2D eigenvalue weighted by Crippen LogP contribution is 2.35. The molecule has 2 rings (SSSR count). The molecule has 0 radical (unpaired) electrons. The zero-order chi connectivity index (χ0) is 19.7. The normalized spacial score (nSPS) is 13.3. The second-order valence-electron chi connectivity index (χ2n) is 5.12. The molecular weight excluding hydrogens is 407 g/mol. The third kappa shape index (κ3) is 4.56. The van der Waals surface area contributed by atoms with Gasteiger partial charge in [0.05, 0.1) is 44.5 Å². The average Bonchev–Trinajstić information content (AvgIpc) is 2.52. The Balaban J connectivity index is 2.32. The maximum atomic E-state index is 12.6. The monoisotopic (exact) mass is 413 g/mol. The first-order valence-electron chi connectivity index (χ1n) is 6.77. The number of halogens is 8. The first kappa shape index (κ1) is 20.3. The molecule has 0 aromatic carbocycles. The van der Waals surface area contributed by atoms with Gasteiger partial charge in [-0.2, -0.15) is 31.6 Å². The Morgan fingerprint density at radius 3 is 1.85 bits per heavy atom. The Morgan fingerprint density at radius 2 is 1.42 bits per heavy atom. The minimum Gasteiger partial charge on any atom is -0.259 e. The molecule has 0 spiro atoms. The van der Waals surface area contributed by atoms with E-state index in [0.717, 1.165) is 0 Å². The summed E-state index contributed by atoms with van der Waals surface area (Å²) in [5.74, 6) is -1.15. The van der Waals surface area contributed by atoms with Gasteiger partial charge in [-0.15, -0.1) is 0 Å². The quantitative estimate of drug-likeness (QED) is 0.609. The van der Waals surface area contributed by atoms with Crippen LogP contribution in [0.1, 0.15) is 28.4 Å². The van der Waals surface area contributed by atoms with Crippen molar-refractivity contribution in [1.82, 2.24) is 9.97 Å². The van der Waals surface area contributed by atoms with Crippen molar-refractivity contribution in [3.63, 3.8) is 0 Å². The van der Waals surface area contributed by atoms with E-state index in [1.54, 1.807) is 6.07 Å². The molecule has 2 aromatic rings. The lowest BCUT2D eigenvalue weighted by atomic mass is 9.99. The van der Waals surface area contributed by atoms with E-state index in [1.165, 1.54) is 0 Å². The molecule has 0 saturated heterocycles. The van der Waals surface area contributed by atoms with Crippen LogP contribution in [0.2, 0.25) is 10.0 Å². The van der Waals surface area contributed by atoms with E-state index >= 15 is 0 Å². The van der Waals surface area contributed by atoms with Crippen LogP contribution in [0.3, 0.4) is 0 Å². The van der Waals surface area contributed by atoms with Crippen molar-refractivity contribution in [3.05, 3.63) is 57.1 Å². The Labute approximate surface area is 153 Å².